The van der Waals surface area contributed by atoms with E-state index < -0.39 is 6.10 Å². The molecule has 0 saturated carbocycles. The molecule has 0 saturated heterocycles. The summed E-state index contributed by atoms with van der Waals surface area (Å²) in [5, 5.41) is 0. The van der Waals surface area contributed by atoms with Gasteiger partial charge in [0.25, 0.3) is 0 Å². The largest absolute Gasteiger partial charge is 0.462 e. The van der Waals surface area contributed by atoms with Crippen molar-refractivity contribution in [2.24, 2.45) is 0 Å². The summed E-state index contributed by atoms with van der Waals surface area (Å²) >= 11 is 0. The fourth-order valence-electron chi connectivity index (χ4n) is 9.85. The summed E-state index contributed by atoms with van der Waals surface area (Å²) in [6.07, 6.45) is 92.7. The van der Waals surface area contributed by atoms with Gasteiger partial charge in [-0.25, -0.2) is 0 Å². The molecule has 0 aromatic carbocycles. The minimum Gasteiger partial charge on any atom is -0.462 e. The standard InChI is InChI=1S/C75H130O6/c1-4-7-10-13-16-19-22-25-28-31-34-37-40-43-46-49-52-55-58-61-64-67-73(76)79-70-72(81-75(78)69-66-63-60-57-54-51-48-45-42-39-36-33-30-27-24-21-18-15-12-9-6-3)71-80-74(77)68-65-62-59-56-53-50-47-44-41-38-35-32-29-26-23-20-17-14-11-8-5-2/h7,10,16,19,23-28,32-37,72H,4-6,8-9,11-15,17-18,20-22,29-31,38-71H2,1-3H3/b10-7-,19-16-,26-23-,27-24-,28-25-,35-32-,36-33-,37-34-. The van der Waals surface area contributed by atoms with Crippen molar-refractivity contribution in [3.63, 3.8) is 0 Å². The van der Waals surface area contributed by atoms with Crippen LogP contribution in [0.4, 0.5) is 0 Å². The summed E-state index contributed by atoms with van der Waals surface area (Å²) in [5.74, 6) is -0.884. The van der Waals surface area contributed by atoms with Crippen LogP contribution in [0.2, 0.25) is 0 Å². The zero-order valence-electron chi connectivity index (χ0n) is 53.5. The van der Waals surface area contributed by atoms with E-state index in [9.17, 15) is 14.4 Å². The maximum Gasteiger partial charge on any atom is 0.306 e. The molecule has 0 aliphatic heterocycles. The Morgan fingerprint density at radius 2 is 0.481 bits per heavy atom. The number of esters is 3. The first-order valence-corrected chi connectivity index (χ1v) is 34.7. The average molecular weight is 1130 g/mol. The highest BCUT2D eigenvalue weighted by atomic mass is 16.6. The van der Waals surface area contributed by atoms with Crippen LogP contribution in [0.25, 0.3) is 0 Å². The van der Waals surface area contributed by atoms with Gasteiger partial charge in [-0.1, -0.05) is 298 Å². The smallest absolute Gasteiger partial charge is 0.306 e. The third-order valence-corrected chi connectivity index (χ3v) is 15.0. The van der Waals surface area contributed by atoms with Gasteiger partial charge in [0, 0.05) is 19.3 Å². The van der Waals surface area contributed by atoms with Crippen molar-refractivity contribution in [3.05, 3.63) is 97.2 Å². The molecular formula is C75H130O6. The summed E-state index contributed by atoms with van der Waals surface area (Å²) in [4.78, 5) is 38.5. The highest BCUT2D eigenvalue weighted by Gasteiger charge is 2.19. The van der Waals surface area contributed by atoms with E-state index in [1.807, 2.05) is 0 Å². The SMILES string of the molecule is CC/C=C\C/C=C\C/C=C\C/C=C\CCCCCCCCCCC(=O)OCC(COC(=O)CCCCCCCCCCC/C=C\C/C=C\CCCCCCC)OC(=O)CCCCCCCCCCC/C=C\C/C=C\CCCCCCC. The number of allylic oxidation sites excluding steroid dienone is 16. The molecule has 0 amide bonds. The number of hydrogen-bond donors (Lipinski definition) is 0. The van der Waals surface area contributed by atoms with E-state index in [2.05, 4.69) is 118 Å². The van der Waals surface area contributed by atoms with Crippen molar-refractivity contribution in [3.8, 4) is 0 Å². The van der Waals surface area contributed by atoms with E-state index in [1.54, 1.807) is 0 Å². The van der Waals surface area contributed by atoms with E-state index >= 15 is 0 Å². The van der Waals surface area contributed by atoms with Crippen molar-refractivity contribution in [1.82, 2.24) is 0 Å². The van der Waals surface area contributed by atoms with Gasteiger partial charge < -0.3 is 14.2 Å². The fourth-order valence-corrected chi connectivity index (χ4v) is 9.85. The fraction of sp³-hybridized carbons (Fsp3) is 0.747. The number of hydrogen-bond acceptors (Lipinski definition) is 6. The maximum absolute atomic E-state index is 13.0. The molecule has 6 nitrogen and oxygen atoms in total. The molecule has 0 bridgehead atoms. The quantitative estimate of drug-likeness (QED) is 0.0261. The second-order valence-corrected chi connectivity index (χ2v) is 23.1. The molecule has 0 aliphatic carbocycles. The lowest BCUT2D eigenvalue weighted by Gasteiger charge is -2.18. The van der Waals surface area contributed by atoms with Crippen molar-refractivity contribution in [2.45, 2.75) is 348 Å². The second-order valence-electron chi connectivity index (χ2n) is 23.1. The van der Waals surface area contributed by atoms with Crippen LogP contribution in [0.15, 0.2) is 97.2 Å². The van der Waals surface area contributed by atoms with Crippen LogP contribution in [0.3, 0.4) is 0 Å². The van der Waals surface area contributed by atoms with Crippen molar-refractivity contribution in [2.75, 3.05) is 13.2 Å². The summed E-state index contributed by atoms with van der Waals surface area (Å²) in [6.45, 7) is 6.54. The van der Waals surface area contributed by atoms with Gasteiger partial charge in [-0.05, 0) is 122 Å². The van der Waals surface area contributed by atoms with Gasteiger partial charge in [-0.15, -0.1) is 0 Å². The Morgan fingerprint density at radius 1 is 0.259 bits per heavy atom. The number of rotatable bonds is 63. The van der Waals surface area contributed by atoms with E-state index in [-0.39, 0.29) is 31.1 Å². The summed E-state index contributed by atoms with van der Waals surface area (Å²) in [7, 11) is 0. The summed E-state index contributed by atoms with van der Waals surface area (Å²) < 4.78 is 17.0. The zero-order valence-corrected chi connectivity index (χ0v) is 53.5. The van der Waals surface area contributed by atoms with Gasteiger partial charge >= 0.3 is 17.9 Å². The third-order valence-electron chi connectivity index (χ3n) is 15.0. The maximum atomic E-state index is 13.0. The van der Waals surface area contributed by atoms with Crippen LogP contribution < -0.4 is 0 Å². The van der Waals surface area contributed by atoms with E-state index in [0.717, 1.165) is 103 Å². The Balaban J connectivity index is 4.41. The summed E-state index contributed by atoms with van der Waals surface area (Å²) in [6, 6.07) is 0. The first kappa shape index (κ1) is 77.3. The van der Waals surface area contributed by atoms with Crippen molar-refractivity contribution in [1.29, 1.82) is 0 Å². The normalized spacial score (nSPS) is 12.7. The van der Waals surface area contributed by atoms with Crippen LogP contribution in [-0.2, 0) is 28.6 Å². The molecule has 0 heterocycles. The van der Waals surface area contributed by atoms with E-state index in [0.29, 0.717) is 19.3 Å². The zero-order chi connectivity index (χ0) is 58.5. The number of carbonyl (C=O) groups excluding carboxylic acids is 3. The molecule has 1 unspecified atom stereocenters. The van der Waals surface area contributed by atoms with Crippen molar-refractivity contribution < 1.29 is 28.6 Å². The van der Waals surface area contributed by atoms with Gasteiger partial charge in [0.05, 0.1) is 0 Å². The lowest BCUT2D eigenvalue weighted by molar-refractivity contribution is -0.167. The van der Waals surface area contributed by atoms with Gasteiger partial charge in [-0.2, -0.15) is 0 Å². The molecule has 81 heavy (non-hydrogen) atoms. The Bertz CT molecular complexity index is 1580. The average Bonchev–Trinajstić information content (AvgIpc) is 3.47. The monoisotopic (exact) mass is 1130 g/mol. The van der Waals surface area contributed by atoms with E-state index in [1.165, 1.54) is 199 Å². The second kappa shape index (κ2) is 68.8. The molecule has 0 aliphatic rings. The Morgan fingerprint density at radius 3 is 0.753 bits per heavy atom. The van der Waals surface area contributed by atoms with Crippen LogP contribution in [-0.4, -0.2) is 37.2 Å². The first-order chi connectivity index (χ1) is 40.0. The van der Waals surface area contributed by atoms with Crippen LogP contribution in [0.1, 0.15) is 342 Å². The molecule has 0 fully saturated rings. The summed E-state index contributed by atoms with van der Waals surface area (Å²) in [5.41, 5.74) is 0. The van der Waals surface area contributed by atoms with Gasteiger partial charge in [-0.3, -0.25) is 14.4 Å². The van der Waals surface area contributed by atoms with Crippen LogP contribution in [0.5, 0.6) is 0 Å². The van der Waals surface area contributed by atoms with Gasteiger partial charge in [0.15, 0.2) is 6.10 Å². The molecule has 0 spiro atoms. The van der Waals surface area contributed by atoms with Gasteiger partial charge in [0.1, 0.15) is 13.2 Å². The molecule has 0 radical (unpaired) electrons. The Hall–Kier alpha value is -3.67. The predicted octanol–water partition coefficient (Wildman–Crippen LogP) is 24.0. The first-order valence-electron chi connectivity index (χ1n) is 34.7. The third kappa shape index (κ3) is 67.0. The van der Waals surface area contributed by atoms with Crippen molar-refractivity contribution >= 4 is 17.9 Å². The minimum absolute atomic E-state index is 0.0830. The molecule has 0 aromatic heterocycles. The molecular weight excluding hydrogens is 997 g/mol. The minimum atomic E-state index is -0.788. The topological polar surface area (TPSA) is 78.9 Å². The number of carbonyl (C=O) groups is 3. The highest BCUT2D eigenvalue weighted by Crippen LogP contribution is 2.17. The number of ether oxygens (including phenoxy) is 3. The Kier molecular flexibility index (Phi) is 65.7. The van der Waals surface area contributed by atoms with E-state index in [4.69, 9.17) is 14.2 Å². The lowest BCUT2D eigenvalue weighted by Crippen LogP contribution is -2.30. The van der Waals surface area contributed by atoms with Crippen LogP contribution in [0, 0.1) is 0 Å². The predicted molar refractivity (Wildman–Crippen MR) is 353 cm³/mol. The highest BCUT2D eigenvalue weighted by molar-refractivity contribution is 5.71. The van der Waals surface area contributed by atoms with Gasteiger partial charge in [0.2, 0.25) is 0 Å². The lowest BCUT2D eigenvalue weighted by atomic mass is 10.1. The molecule has 0 N–H and O–H groups in total. The molecule has 1 atom stereocenters. The van der Waals surface area contributed by atoms with Crippen LogP contribution >= 0.6 is 0 Å². The molecule has 6 heteroatoms. The molecule has 0 aromatic rings. The Labute approximate surface area is 502 Å². The molecule has 0 rings (SSSR count). The molecule has 466 valence electrons. The number of unbranched alkanes of at least 4 members (excludes halogenated alkanes) is 36.